The molecular formula is C12H10BrF3N2O. The van der Waals surface area contributed by atoms with Crippen molar-refractivity contribution < 1.29 is 18.0 Å². The molecule has 0 saturated carbocycles. The molecule has 1 rings (SSSR count). The van der Waals surface area contributed by atoms with Crippen LogP contribution in [-0.2, 0) is 11.0 Å². The van der Waals surface area contributed by atoms with Gasteiger partial charge in [-0.3, -0.25) is 4.79 Å². The summed E-state index contributed by atoms with van der Waals surface area (Å²) in [5, 5.41) is 11.0. The molecule has 0 spiro atoms. The largest absolute Gasteiger partial charge is 0.417 e. The summed E-state index contributed by atoms with van der Waals surface area (Å²) in [7, 11) is 0. The van der Waals surface area contributed by atoms with Crippen LogP contribution in [-0.4, -0.2) is 10.2 Å². The van der Waals surface area contributed by atoms with Crippen molar-refractivity contribution in [2.45, 2.75) is 24.3 Å². The summed E-state index contributed by atoms with van der Waals surface area (Å²) in [4.78, 5) is 11.6. The Labute approximate surface area is 116 Å². The van der Waals surface area contributed by atoms with Crippen LogP contribution < -0.4 is 5.32 Å². The standard InChI is InChI=1S/C12H10BrF3N2O/c1-11(2,13)10(19)18-8-4-3-7(6-17)9(5-8)12(14,15)16/h3-5H,1-2H3,(H,18,19). The first kappa shape index (κ1) is 15.5. The smallest absolute Gasteiger partial charge is 0.325 e. The molecule has 1 N–H and O–H groups in total. The lowest BCUT2D eigenvalue weighted by Crippen LogP contribution is -2.31. The number of nitriles is 1. The van der Waals surface area contributed by atoms with Crippen LogP contribution in [0, 0.1) is 11.3 Å². The van der Waals surface area contributed by atoms with E-state index in [0.29, 0.717) is 0 Å². The van der Waals surface area contributed by atoms with Gasteiger partial charge in [0.25, 0.3) is 0 Å². The first-order valence-corrected chi connectivity index (χ1v) is 5.96. The van der Waals surface area contributed by atoms with Gasteiger partial charge in [0.2, 0.25) is 5.91 Å². The van der Waals surface area contributed by atoms with Gasteiger partial charge >= 0.3 is 6.18 Å². The summed E-state index contributed by atoms with van der Waals surface area (Å²) in [5.74, 6) is -0.481. The SMILES string of the molecule is CC(C)(Br)C(=O)Nc1ccc(C#N)c(C(F)(F)F)c1. The van der Waals surface area contributed by atoms with Crippen LogP contribution in [0.3, 0.4) is 0 Å². The molecule has 0 saturated heterocycles. The Kier molecular flexibility index (Phi) is 4.25. The van der Waals surface area contributed by atoms with Crippen LogP contribution in [0.25, 0.3) is 0 Å². The molecule has 0 aliphatic heterocycles. The molecule has 0 fully saturated rings. The van der Waals surface area contributed by atoms with Crippen LogP contribution in [0.2, 0.25) is 0 Å². The number of hydrogen-bond acceptors (Lipinski definition) is 2. The lowest BCUT2D eigenvalue weighted by Gasteiger charge is -2.17. The number of nitrogens with one attached hydrogen (secondary N) is 1. The monoisotopic (exact) mass is 334 g/mol. The maximum absolute atomic E-state index is 12.7. The predicted octanol–water partition coefficient (Wildman–Crippen LogP) is 3.69. The molecule has 3 nitrogen and oxygen atoms in total. The zero-order valence-electron chi connectivity index (χ0n) is 10.1. The van der Waals surface area contributed by atoms with Crippen molar-refractivity contribution in [2.24, 2.45) is 0 Å². The van der Waals surface area contributed by atoms with E-state index < -0.39 is 27.5 Å². The summed E-state index contributed by atoms with van der Waals surface area (Å²) in [5.41, 5.74) is -1.56. The number of benzene rings is 1. The zero-order valence-corrected chi connectivity index (χ0v) is 11.7. The van der Waals surface area contributed by atoms with E-state index in [1.165, 1.54) is 12.1 Å². The summed E-state index contributed by atoms with van der Waals surface area (Å²) in [6.07, 6.45) is -4.64. The second kappa shape index (κ2) is 5.21. The summed E-state index contributed by atoms with van der Waals surface area (Å²) in [6.45, 7) is 3.13. The van der Waals surface area contributed by atoms with Crippen molar-refractivity contribution in [2.75, 3.05) is 5.32 Å². The molecule has 0 aliphatic rings. The molecule has 1 amide bonds. The Morgan fingerprint density at radius 2 is 1.95 bits per heavy atom. The minimum absolute atomic E-state index is 0.0103. The maximum atomic E-state index is 12.7. The van der Waals surface area contributed by atoms with E-state index in [2.05, 4.69) is 21.2 Å². The van der Waals surface area contributed by atoms with Crippen LogP contribution in [0.15, 0.2) is 18.2 Å². The third kappa shape index (κ3) is 3.96. The summed E-state index contributed by atoms with van der Waals surface area (Å²) >= 11 is 3.10. The fourth-order valence-electron chi connectivity index (χ4n) is 1.23. The molecule has 0 heterocycles. The van der Waals surface area contributed by atoms with E-state index in [1.54, 1.807) is 13.8 Å². The molecule has 0 unspecified atom stereocenters. The predicted molar refractivity (Wildman–Crippen MR) is 67.8 cm³/mol. The van der Waals surface area contributed by atoms with Gasteiger partial charge in [0.1, 0.15) is 0 Å². The second-order valence-electron chi connectivity index (χ2n) is 4.30. The molecule has 0 radical (unpaired) electrons. The van der Waals surface area contributed by atoms with Crippen molar-refractivity contribution in [1.82, 2.24) is 0 Å². The van der Waals surface area contributed by atoms with Gasteiger partial charge in [0.05, 0.1) is 21.5 Å². The Balaban J connectivity index is 3.14. The quantitative estimate of drug-likeness (QED) is 0.838. The molecule has 0 aromatic heterocycles. The van der Waals surface area contributed by atoms with Crippen LogP contribution >= 0.6 is 15.9 Å². The fourth-order valence-corrected chi connectivity index (χ4v) is 1.33. The molecule has 0 aliphatic carbocycles. The molecule has 1 aromatic carbocycles. The Bertz CT molecular complexity index is 541. The van der Waals surface area contributed by atoms with Gasteiger partial charge < -0.3 is 5.32 Å². The second-order valence-corrected chi connectivity index (χ2v) is 6.28. The van der Waals surface area contributed by atoms with Crippen molar-refractivity contribution >= 4 is 27.5 Å². The minimum atomic E-state index is -4.64. The first-order valence-electron chi connectivity index (χ1n) is 5.17. The van der Waals surface area contributed by atoms with Gasteiger partial charge in [-0.05, 0) is 32.0 Å². The molecule has 0 atom stereocenters. The van der Waals surface area contributed by atoms with E-state index in [0.717, 1.165) is 12.1 Å². The normalized spacial score (nSPS) is 11.8. The van der Waals surface area contributed by atoms with Gasteiger partial charge in [-0.25, -0.2) is 0 Å². The molecule has 19 heavy (non-hydrogen) atoms. The third-order valence-corrected chi connectivity index (χ3v) is 2.60. The minimum Gasteiger partial charge on any atom is -0.325 e. The zero-order chi connectivity index (χ0) is 14.8. The summed E-state index contributed by atoms with van der Waals surface area (Å²) < 4.78 is 37.2. The number of nitrogens with zero attached hydrogens (tertiary/aromatic N) is 1. The van der Waals surface area contributed by atoms with Crippen LogP contribution in [0.4, 0.5) is 18.9 Å². The highest BCUT2D eigenvalue weighted by atomic mass is 79.9. The molecule has 102 valence electrons. The highest BCUT2D eigenvalue weighted by Crippen LogP contribution is 2.33. The molecular weight excluding hydrogens is 325 g/mol. The lowest BCUT2D eigenvalue weighted by molar-refractivity contribution is -0.137. The fraction of sp³-hybridized carbons (Fsp3) is 0.333. The van der Waals surface area contributed by atoms with Gasteiger partial charge in [0.15, 0.2) is 0 Å². The number of carbonyl (C=O) groups is 1. The van der Waals surface area contributed by atoms with Gasteiger partial charge in [0, 0.05) is 5.69 Å². The third-order valence-electron chi connectivity index (χ3n) is 2.24. The number of hydrogen-bond donors (Lipinski definition) is 1. The average Bonchev–Trinajstić information content (AvgIpc) is 2.26. The summed E-state index contributed by atoms with van der Waals surface area (Å²) in [6, 6.07) is 4.50. The van der Waals surface area contributed by atoms with E-state index in [9.17, 15) is 18.0 Å². The maximum Gasteiger partial charge on any atom is 0.417 e. The van der Waals surface area contributed by atoms with Crippen LogP contribution in [0.1, 0.15) is 25.0 Å². The number of anilines is 1. The lowest BCUT2D eigenvalue weighted by atomic mass is 10.1. The highest BCUT2D eigenvalue weighted by molar-refractivity contribution is 9.10. The Morgan fingerprint density at radius 1 is 1.37 bits per heavy atom. The molecule has 7 heteroatoms. The van der Waals surface area contributed by atoms with Crippen LogP contribution in [0.5, 0.6) is 0 Å². The van der Waals surface area contributed by atoms with E-state index >= 15 is 0 Å². The van der Waals surface area contributed by atoms with Crippen molar-refractivity contribution in [3.63, 3.8) is 0 Å². The number of carbonyl (C=O) groups excluding carboxylic acids is 1. The molecule has 1 aromatic rings. The Hall–Kier alpha value is -1.55. The Morgan fingerprint density at radius 3 is 2.37 bits per heavy atom. The first-order chi connectivity index (χ1) is 8.55. The van der Waals surface area contributed by atoms with Gasteiger partial charge in [-0.2, -0.15) is 18.4 Å². The van der Waals surface area contributed by atoms with E-state index in [-0.39, 0.29) is 5.69 Å². The highest BCUT2D eigenvalue weighted by Gasteiger charge is 2.34. The topological polar surface area (TPSA) is 52.9 Å². The average molecular weight is 335 g/mol. The van der Waals surface area contributed by atoms with Crippen molar-refractivity contribution in [3.05, 3.63) is 29.3 Å². The molecule has 0 bridgehead atoms. The number of halogens is 4. The van der Waals surface area contributed by atoms with Crippen molar-refractivity contribution in [3.8, 4) is 6.07 Å². The number of amides is 1. The van der Waals surface area contributed by atoms with E-state index in [4.69, 9.17) is 5.26 Å². The number of rotatable bonds is 2. The van der Waals surface area contributed by atoms with Crippen molar-refractivity contribution in [1.29, 1.82) is 5.26 Å². The van der Waals surface area contributed by atoms with Gasteiger partial charge in [-0.15, -0.1) is 0 Å². The number of alkyl halides is 4. The van der Waals surface area contributed by atoms with E-state index in [1.807, 2.05) is 0 Å². The van der Waals surface area contributed by atoms with Gasteiger partial charge in [-0.1, -0.05) is 15.9 Å².